The second-order valence-electron chi connectivity index (χ2n) is 30.9. The van der Waals surface area contributed by atoms with Gasteiger partial charge in [-0.05, 0) is 161 Å². The number of likely N-dealkylation sites (tertiary alicyclic amines) is 4. The van der Waals surface area contributed by atoms with Crippen LogP contribution in [0.3, 0.4) is 0 Å². The number of amides is 4. The molecule has 0 aliphatic carbocycles. The second-order valence-corrected chi connectivity index (χ2v) is 33.0. The fourth-order valence-corrected chi connectivity index (χ4v) is 15.4. The molecule has 0 radical (unpaired) electrons. The van der Waals surface area contributed by atoms with Crippen LogP contribution in [0.25, 0.3) is 28.3 Å². The van der Waals surface area contributed by atoms with Crippen molar-refractivity contribution in [3.8, 4) is 35.1 Å². The monoisotopic (exact) mass is 1880 g/mol. The summed E-state index contributed by atoms with van der Waals surface area (Å²) < 4.78 is 41.0. The van der Waals surface area contributed by atoms with Gasteiger partial charge in [-0.1, -0.05) is 58.8 Å². The number of rotatable bonds is 20. The molecule has 0 bridgehead atoms. The zero-order valence-corrected chi connectivity index (χ0v) is 78.7. The standard InChI is InChI=1S/C21H23N5O4.C21H25N5O3.C17H18N4O.C16H18N4O2.C5H9N2O4P.C4H8O.C3H5NO3.CH3.BrH.Mg/c1-3-29-21(28)17-12-19(30-24-17)15-9-8-14(2)25(13-15)20(27)16-6-4-5-7-18(16)26-22-10-11-23-26;1-14-8-9-15(18-12-19(24-29-18)21(2,3)28)13-25(14)20(27)16-6-4-5-7-17(16)26-22-10-11-23-26;1-3-14-9-8-13(2)20(12-14)17(22)15-6-4-5-7-16(15)21-18-10-11-19-21;1-12-6-7-13(11-21)10-19(12)16(22)14-4-2-3-5-15(14)20-17-8-9-18-20;1-4(8)5(7-6)12(9,10-2)11-3;1-2-4-5-3-1;1-3(5)2-4(6)7;;;/h4-7,10-12,14-15H,3,8-9,13H2,1-2H3;4-7,10-12,14-15,28H,8-9,13H2,1-3H3;1,4-7,10-11,13-14H,8-9,12H2,2H3;2-5,8-9,11-13H,6-7,10H2,1H3;1-3H3;1-4H2;2H2,1H3;1H3;1H;/q;;;;;;;-1;;+2/p-1/t2*14-,15-;13-,14?;12-,13-;;;;;;/m1111....../s1. The van der Waals surface area contributed by atoms with Gasteiger partial charge in [-0.15, -0.1) is 12.3 Å². The summed E-state index contributed by atoms with van der Waals surface area (Å²) in [4.78, 5) is 121. The average Bonchev–Trinajstić information content (AvgIpc) is 1.64. The number of nitro groups is 1. The SMILES string of the molecule is C#CC1CC[C@@H](C)N(C(=O)c2ccccc2-n2nccn2)C1.C1CCOC1.CC(=O)C[N+](=O)[O-].CCOC(=O)c1cc([C@@H]2CC[C@@H](C)N(C(=O)c3ccccc3-n3nccn3)C2)on1.COP(=O)(OC)C(=[N+]=[N-])C(C)=O.C[C@@H]1CC[C@@H](C=O)CN1C(=O)c1ccccc1-n1nccn1.C[C@@H]1CC[C@@H](c2cc(C(C)(C)O)no2)CN1C(=O)c1ccccc1-n1nccn1.[Br-].[CH3-].[Mg+2]. The molecule has 5 saturated heterocycles. The quantitative estimate of drug-likeness (QED) is 0.00645. The maximum Gasteiger partial charge on any atom is 2.00 e. The summed E-state index contributed by atoms with van der Waals surface area (Å²) in [5, 5.41) is 60.5. The van der Waals surface area contributed by atoms with Crippen LogP contribution >= 0.6 is 7.60 Å². The van der Waals surface area contributed by atoms with E-state index in [1.807, 2.05) is 107 Å². The molecule has 42 heteroatoms. The number of ketones is 2. The summed E-state index contributed by atoms with van der Waals surface area (Å²) in [5.74, 6) is 2.30. The van der Waals surface area contributed by atoms with Gasteiger partial charge in [-0.2, -0.15) is 64.8 Å². The largest absolute Gasteiger partial charge is 2.00 e. The van der Waals surface area contributed by atoms with E-state index in [1.54, 1.807) is 106 Å². The average molecular weight is 1880 g/mol. The van der Waals surface area contributed by atoms with Gasteiger partial charge >= 0.3 is 42.1 Å². The Hall–Kier alpha value is -12.1. The van der Waals surface area contributed by atoms with E-state index in [4.69, 9.17) is 30.5 Å². The Labute approximate surface area is 779 Å². The van der Waals surface area contributed by atoms with Crippen molar-refractivity contribution in [2.45, 2.75) is 168 Å². The summed E-state index contributed by atoms with van der Waals surface area (Å²) in [5.41, 5.74) is 12.2. The fourth-order valence-electron chi connectivity index (χ4n) is 14.4. The Morgan fingerprint density at radius 2 is 0.938 bits per heavy atom. The van der Waals surface area contributed by atoms with Crippen molar-refractivity contribution in [3.63, 3.8) is 0 Å². The molecule has 130 heavy (non-hydrogen) atoms. The Kier molecular flexibility index (Phi) is 42.6. The topological polar surface area (TPSA) is 478 Å². The molecule has 5 aliphatic heterocycles. The van der Waals surface area contributed by atoms with Crippen LogP contribution in [-0.2, 0) is 43.1 Å². The minimum Gasteiger partial charge on any atom is -1.00 e. The first-order chi connectivity index (χ1) is 61.0. The minimum atomic E-state index is -3.70. The van der Waals surface area contributed by atoms with E-state index in [9.17, 15) is 58.1 Å². The molecule has 11 heterocycles. The summed E-state index contributed by atoms with van der Waals surface area (Å²) >= 11 is 0. The number of esters is 1. The van der Waals surface area contributed by atoms with Gasteiger partial charge in [-0.25, -0.2) is 9.36 Å². The number of hydrogen-bond donors (Lipinski definition) is 1. The molecule has 10 aromatic rings. The van der Waals surface area contributed by atoms with E-state index >= 15 is 0 Å². The van der Waals surface area contributed by atoms with Crippen molar-refractivity contribution < 1.29 is 102 Å². The Morgan fingerprint density at radius 3 is 1.24 bits per heavy atom. The first kappa shape index (κ1) is 107. The molecule has 4 amide bonds. The number of carbonyl (C=O) groups is 8. The van der Waals surface area contributed by atoms with E-state index in [0.717, 1.165) is 92.0 Å². The molecule has 5 fully saturated rings. The zero-order valence-electron chi connectivity index (χ0n) is 74.8. The van der Waals surface area contributed by atoms with Gasteiger partial charge in [0.25, 0.3) is 30.2 Å². The van der Waals surface area contributed by atoms with Crippen LogP contribution < -0.4 is 17.0 Å². The Bertz CT molecular complexity index is 5440. The molecule has 6 aromatic heterocycles. The van der Waals surface area contributed by atoms with Gasteiger partial charge in [0, 0.05) is 132 Å². The van der Waals surface area contributed by atoms with E-state index < -0.39 is 47.7 Å². The van der Waals surface area contributed by atoms with Crippen molar-refractivity contribution in [1.29, 1.82) is 0 Å². The Morgan fingerprint density at radius 1 is 0.585 bits per heavy atom. The van der Waals surface area contributed by atoms with E-state index in [0.29, 0.717) is 88.4 Å². The van der Waals surface area contributed by atoms with Crippen molar-refractivity contribution in [2.24, 2.45) is 11.8 Å². The summed E-state index contributed by atoms with van der Waals surface area (Å²) in [6.45, 7) is 19.4. The third-order valence-corrected chi connectivity index (χ3v) is 23.3. The van der Waals surface area contributed by atoms with Gasteiger partial charge < -0.3 is 87.0 Å². The molecule has 39 nitrogen and oxygen atoms in total. The summed E-state index contributed by atoms with van der Waals surface area (Å²) in [7, 11) is -1.51. The molecular formula is C88H109BrMgN21O18P. The van der Waals surface area contributed by atoms with Crippen molar-refractivity contribution in [2.75, 3.05) is 66.8 Å². The molecule has 1 unspecified atom stereocenters. The molecule has 0 spiro atoms. The smallest absolute Gasteiger partial charge is 1.00 e. The van der Waals surface area contributed by atoms with Crippen molar-refractivity contribution in [3.05, 3.63) is 227 Å². The van der Waals surface area contributed by atoms with E-state index in [-0.39, 0.29) is 131 Å². The van der Waals surface area contributed by atoms with Gasteiger partial charge in [0.1, 0.15) is 29.1 Å². The van der Waals surface area contributed by atoms with Crippen LogP contribution in [0.2, 0.25) is 0 Å². The number of hydrogen-bond acceptors (Lipinski definition) is 28. The molecule has 0 saturated carbocycles. The van der Waals surface area contributed by atoms with Crippen LogP contribution in [-0.4, -0.2) is 272 Å². The number of para-hydroxylation sites is 4. The van der Waals surface area contributed by atoms with Gasteiger partial charge in [0.15, 0.2) is 11.5 Å². The second kappa shape index (κ2) is 51.9. The number of halogens is 1. The van der Waals surface area contributed by atoms with Crippen LogP contribution in [0.4, 0.5) is 0 Å². The van der Waals surface area contributed by atoms with Gasteiger partial charge in [0.2, 0.25) is 5.78 Å². The number of aldehydes is 1. The molecule has 1 N–H and O–H groups in total. The molecule has 688 valence electrons. The van der Waals surface area contributed by atoms with Crippen LogP contribution in [0.1, 0.15) is 207 Å². The number of carbonyl (C=O) groups excluding carboxylic acids is 8. The van der Waals surface area contributed by atoms with Crippen molar-refractivity contribution >= 4 is 83.6 Å². The maximum atomic E-state index is 13.4. The van der Waals surface area contributed by atoms with E-state index in [1.165, 1.54) is 39.0 Å². The number of aromatic nitrogens is 14. The maximum absolute atomic E-state index is 13.4. The van der Waals surface area contributed by atoms with Crippen LogP contribution in [0.5, 0.6) is 0 Å². The molecule has 15 rings (SSSR count). The number of benzene rings is 4. The summed E-state index contributed by atoms with van der Waals surface area (Å²) in [6, 6.07) is 33.2. The van der Waals surface area contributed by atoms with Gasteiger partial charge in [0.05, 0.1) is 101 Å². The minimum absolute atomic E-state index is 0. The molecule has 4 aromatic carbocycles. The fraction of sp³-hybridized carbons (Fsp3) is 0.432. The predicted molar refractivity (Wildman–Crippen MR) is 472 cm³/mol. The number of ether oxygens (including phenoxy) is 2. The van der Waals surface area contributed by atoms with E-state index in [2.05, 4.69) is 84.7 Å². The van der Waals surface area contributed by atoms with Crippen LogP contribution in [0, 0.1) is 41.7 Å². The predicted octanol–water partition coefficient (Wildman–Crippen LogP) is 7.99. The number of terminal acetylenes is 1. The number of aliphatic hydroxyl groups is 1. The van der Waals surface area contributed by atoms with Crippen molar-refractivity contribution in [1.82, 2.24) is 89.9 Å². The Balaban J connectivity index is 0.000000246. The third kappa shape index (κ3) is 28.9. The first-order valence-corrected chi connectivity index (χ1v) is 43.0. The number of piperidine rings is 4. The van der Waals surface area contributed by atoms with Gasteiger partial charge in [-0.3, -0.25) is 38.9 Å². The third-order valence-electron chi connectivity index (χ3n) is 21.4. The molecule has 5 aliphatic rings. The molecular weight excluding hydrogens is 1770 g/mol. The number of nitrogens with zero attached hydrogens (tertiary/aromatic N) is 21. The number of Topliss-reactive ketones (excluding diaryl/α,β-unsaturated/α-hetero) is 2. The molecule has 8 atom stereocenters. The summed E-state index contributed by atoms with van der Waals surface area (Å²) in [6.07, 6.45) is 28.7. The normalized spacial score (nSPS) is 18.5. The first-order valence-electron chi connectivity index (χ1n) is 41.4. The van der Waals surface area contributed by atoms with Crippen LogP contribution in [0.15, 0.2) is 168 Å². The zero-order chi connectivity index (χ0) is 91.9.